The molecular formula is C18H32N2O5. The fraction of sp³-hybridized carbons (Fsp3) is 0.833. The number of hydrogen-bond donors (Lipinski definition) is 3. The van der Waals surface area contributed by atoms with Gasteiger partial charge in [-0.15, -0.1) is 0 Å². The van der Waals surface area contributed by atoms with Crippen molar-refractivity contribution in [1.29, 1.82) is 0 Å². The number of urea groups is 1. The van der Waals surface area contributed by atoms with E-state index in [1.807, 2.05) is 0 Å². The number of imide groups is 1. The van der Waals surface area contributed by atoms with Crippen molar-refractivity contribution in [2.75, 3.05) is 6.54 Å². The van der Waals surface area contributed by atoms with Crippen molar-refractivity contribution >= 4 is 17.9 Å². The van der Waals surface area contributed by atoms with Crippen LogP contribution in [0.1, 0.15) is 77.6 Å². The van der Waals surface area contributed by atoms with E-state index in [1.54, 1.807) is 4.90 Å². The highest BCUT2D eigenvalue weighted by atomic mass is 16.4. The Bertz CT molecular complexity index is 441. The predicted octanol–water partition coefficient (Wildman–Crippen LogP) is 2.66. The summed E-state index contributed by atoms with van der Waals surface area (Å²) in [4.78, 5) is 35.9. The molecule has 0 spiro atoms. The molecule has 1 saturated heterocycles. The minimum absolute atomic E-state index is 0.168. The number of carbonyl (C=O) groups excluding carboxylic acids is 2. The van der Waals surface area contributed by atoms with E-state index in [2.05, 4.69) is 12.2 Å². The molecule has 0 bridgehead atoms. The minimum Gasteiger partial charge on any atom is -0.481 e. The average molecular weight is 356 g/mol. The van der Waals surface area contributed by atoms with Gasteiger partial charge in [-0.3, -0.25) is 14.9 Å². The summed E-state index contributed by atoms with van der Waals surface area (Å²) in [6.45, 7) is 2.60. The zero-order valence-electron chi connectivity index (χ0n) is 15.2. The van der Waals surface area contributed by atoms with Gasteiger partial charge in [-0.1, -0.05) is 39.0 Å². The Kier molecular flexibility index (Phi) is 10.1. The van der Waals surface area contributed by atoms with Crippen LogP contribution in [0.15, 0.2) is 0 Å². The first-order valence-electron chi connectivity index (χ1n) is 9.47. The smallest absolute Gasteiger partial charge is 0.324 e. The fourth-order valence-corrected chi connectivity index (χ4v) is 3.12. The highest BCUT2D eigenvalue weighted by Gasteiger charge is 2.37. The van der Waals surface area contributed by atoms with E-state index in [-0.39, 0.29) is 18.4 Å². The lowest BCUT2D eigenvalue weighted by molar-refractivity contribution is -0.137. The number of aliphatic hydroxyl groups is 1. The van der Waals surface area contributed by atoms with Crippen LogP contribution in [0.2, 0.25) is 0 Å². The molecule has 1 rings (SSSR count). The quantitative estimate of drug-likeness (QED) is 0.328. The number of carbonyl (C=O) groups is 3. The van der Waals surface area contributed by atoms with Gasteiger partial charge in [0.1, 0.15) is 6.04 Å². The van der Waals surface area contributed by atoms with Gasteiger partial charge in [-0.2, -0.15) is 0 Å². The molecule has 3 N–H and O–H groups in total. The second kappa shape index (κ2) is 11.8. The molecule has 1 aliphatic heterocycles. The van der Waals surface area contributed by atoms with Gasteiger partial charge in [-0.05, 0) is 32.1 Å². The number of aliphatic carboxylic acids is 1. The first kappa shape index (κ1) is 21.4. The second-order valence-corrected chi connectivity index (χ2v) is 6.79. The van der Waals surface area contributed by atoms with Crippen LogP contribution in [-0.2, 0) is 9.59 Å². The van der Waals surface area contributed by atoms with Crippen molar-refractivity contribution in [3.63, 3.8) is 0 Å². The standard InChI is InChI=1S/C18H32N2O5/c1-2-3-6-9-14(21)11-12-15-17(24)19-18(25)20(15)13-8-5-4-7-10-16(22)23/h14-15,21H,2-13H2,1H3,(H,22,23)(H,19,24,25). The number of rotatable bonds is 14. The molecule has 7 heteroatoms. The maximum Gasteiger partial charge on any atom is 0.324 e. The summed E-state index contributed by atoms with van der Waals surface area (Å²) in [6, 6.07) is -0.853. The van der Waals surface area contributed by atoms with Gasteiger partial charge >= 0.3 is 12.0 Å². The number of carboxylic acid groups (broad SMARTS) is 1. The van der Waals surface area contributed by atoms with E-state index < -0.39 is 18.1 Å². The molecule has 2 unspecified atom stereocenters. The molecule has 144 valence electrons. The summed E-state index contributed by atoms with van der Waals surface area (Å²) in [6.07, 6.45) is 7.66. The third-order valence-corrected chi connectivity index (χ3v) is 4.62. The van der Waals surface area contributed by atoms with Crippen molar-refractivity contribution in [1.82, 2.24) is 10.2 Å². The Morgan fingerprint density at radius 2 is 1.84 bits per heavy atom. The van der Waals surface area contributed by atoms with Crippen LogP contribution < -0.4 is 5.32 Å². The molecule has 0 saturated carbocycles. The molecule has 7 nitrogen and oxygen atoms in total. The normalized spacial score (nSPS) is 18.5. The Morgan fingerprint density at radius 1 is 1.12 bits per heavy atom. The SMILES string of the molecule is CCCCCC(O)CCC1C(=O)NC(=O)N1CCCCCCC(=O)O. The van der Waals surface area contributed by atoms with Crippen LogP contribution in [0.25, 0.3) is 0 Å². The van der Waals surface area contributed by atoms with Gasteiger partial charge in [0, 0.05) is 13.0 Å². The first-order chi connectivity index (χ1) is 12.0. The number of nitrogens with zero attached hydrogens (tertiary/aromatic N) is 1. The lowest BCUT2D eigenvalue weighted by Crippen LogP contribution is -2.36. The van der Waals surface area contributed by atoms with E-state index in [9.17, 15) is 19.5 Å². The van der Waals surface area contributed by atoms with Crippen LogP contribution in [0, 0.1) is 0 Å². The van der Waals surface area contributed by atoms with Crippen molar-refractivity contribution in [3.8, 4) is 0 Å². The Labute approximate surface area is 149 Å². The molecule has 0 aromatic heterocycles. The van der Waals surface area contributed by atoms with Crippen molar-refractivity contribution in [3.05, 3.63) is 0 Å². The summed E-state index contributed by atoms with van der Waals surface area (Å²) in [5.41, 5.74) is 0. The van der Waals surface area contributed by atoms with E-state index in [1.165, 1.54) is 0 Å². The van der Waals surface area contributed by atoms with E-state index in [0.29, 0.717) is 25.8 Å². The summed E-state index contributed by atoms with van der Waals surface area (Å²) < 4.78 is 0. The van der Waals surface area contributed by atoms with Crippen LogP contribution in [-0.4, -0.2) is 51.7 Å². The highest BCUT2D eigenvalue weighted by molar-refractivity contribution is 6.04. The number of carboxylic acids is 1. The lowest BCUT2D eigenvalue weighted by Gasteiger charge is -2.22. The summed E-state index contributed by atoms with van der Waals surface area (Å²) in [5.74, 6) is -1.07. The summed E-state index contributed by atoms with van der Waals surface area (Å²) in [5, 5.41) is 21.0. The molecule has 0 aliphatic carbocycles. The molecule has 2 atom stereocenters. The molecule has 0 aromatic carbocycles. The third-order valence-electron chi connectivity index (χ3n) is 4.62. The zero-order valence-corrected chi connectivity index (χ0v) is 15.2. The molecule has 1 aliphatic rings. The van der Waals surface area contributed by atoms with Gasteiger partial charge in [-0.25, -0.2) is 4.79 Å². The first-order valence-corrected chi connectivity index (χ1v) is 9.47. The topological polar surface area (TPSA) is 107 Å². The molecule has 0 radical (unpaired) electrons. The van der Waals surface area contributed by atoms with E-state index >= 15 is 0 Å². The van der Waals surface area contributed by atoms with Crippen LogP contribution in [0.4, 0.5) is 4.79 Å². The van der Waals surface area contributed by atoms with Crippen molar-refractivity contribution < 1.29 is 24.6 Å². The van der Waals surface area contributed by atoms with Crippen molar-refractivity contribution in [2.24, 2.45) is 0 Å². The fourth-order valence-electron chi connectivity index (χ4n) is 3.12. The number of unbranched alkanes of at least 4 members (excludes halogenated alkanes) is 5. The van der Waals surface area contributed by atoms with Crippen LogP contribution in [0.5, 0.6) is 0 Å². The zero-order chi connectivity index (χ0) is 18.7. The van der Waals surface area contributed by atoms with Gasteiger partial charge < -0.3 is 15.1 Å². The Balaban J connectivity index is 2.31. The summed E-state index contributed by atoms with van der Waals surface area (Å²) >= 11 is 0. The largest absolute Gasteiger partial charge is 0.481 e. The van der Waals surface area contributed by atoms with Gasteiger partial charge in [0.05, 0.1) is 6.10 Å². The number of amides is 3. The molecule has 0 aromatic rings. The van der Waals surface area contributed by atoms with Crippen molar-refractivity contribution in [2.45, 2.75) is 89.7 Å². The highest BCUT2D eigenvalue weighted by Crippen LogP contribution is 2.18. The monoisotopic (exact) mass is 356 g/mol. The molecule has 1 fully saturated rings. The maximum atomic E-state index is 12.0. The summed E-state index contributed by atoms with van der Waals surface area (Å²) in [7, 11) is 0. The van der Waals surface area contributed by atoms with Gasteiger partial charge in [0.15, 0.2) is 0 Å². The molecule has 1 heterocycles. The molecular weight excluding hydrogens is 324 g/mol. The lowest BCUT2D eigenvalue weighted by atomic mass is 10.0. The number of nitrogens with one attached hydrogen (secondary N) is 1. The molecule has 25 heavy (non-hydrogen) atoms. The maximum absolute atomic E-state index is 12.0. The number of aliphatic hydroxyl groups excluding tert-OH is 1. The molecule has 3 amide bonds. The van der Waals surface area contributed by atoms with Gasteiger partial charge in [0.2, 0.25) is 0 Å². The van der Waals surface area contributed by atoms with Gasteiger partial charge in [0.25, 0.3) is 5.91 Å². The van der Waals surface area contributed by atoms with E-state index in [0.717, 1.165) is 44.9 Å². The average Bonchev–Trinajstić information content (AvgIpc) is 2.82. The third kappa shape index (κ3) is 8.34. The Morgan fingerprint density at radius 3 is 2.52 bits per heavy atom. The number of hydrogen-bond acceptors (Lipinski definition) is 4. The Hall–Kier alpha value is -1.63. The second-order valence-electron chi connectivity index (χ2n) is 6.79. The van der Waals surface area contributed by atoms with E-state index in [4.69, 9.17) is 5.11 Å². The van der Waals surface area contributed by atoms with Crippen LogP contribution in [0.3, 0.4) is 0 Å². The minimum atomic E-state index is -0.790. The predicted molar refractivity (Wildman–Crippen MR) is 94.1 cm³/mol. The van der Waals surface area contributed by atoms with Crippen LogP contribution >= 0.6 is 0 Å².